The maximum atomic E-state index is 5.21. The van der Waals surface area contributed by atoms with Crippen molar-refractivity contribution in [2.24, 2.45) is 0 Å². The van der Waals surface area contributed by atoms with Gasteiger partial charge in [-0.3, -0.25) is 8.97 Å². The molecule has 3 aromatic heterocycles. The number of fused-ring (bicyclic) bond motifs is 15. The predicted octanol–water partition coefficient (Wildman–Crippen LogP) is 11.0. The van der Waals surface area contributed by atoms with Crippen LogP contribution in [0.4, 0.5) is 0 Å². The molecule has 0 unspecified atom stereocenters. The quantitative estimate of drug-likeness (QED) is 0.176. The molecule has 50 heavy (non-hydrogen) atoms. The zero-order valence-corrected chi connectivity index (χ0v) is 28.2. The van der Waals surface area contributed by atoms with E-state index in [1.807, 2.05) is 18.0 Å². The molecule has 11 rings (SSSR count). The summed E-state index contributed by atoms with van der Waals surface area (Å²) in [6.45, 7) is 4.75. The summed E-state index contributed by atoms with van der Waals surface area (Å²) in [5.74, 6) is 0.926. The monoisotopic (exact) mass is 659 g/mol. The van der Waals surface area contributed by atoms with Gasteiger partial charge < -0.3 is 0 Å². The van der Waals surface area contributed by atoms with E-state index in [4.69, 9.17) is 9.97 Å². The molecule has 6 heteroatoms. The molecule has 0 N–H and O–H groups in total. The highest BCUT2D eigenvalue weighted by atomic mass is 32.2. The Hall–Kier alpha value is -5.98. The first-order chi connectivity index (χ1) is 24.6. The second-order valence-corrected chi connectivity index (χ2v) is 14.8. The van der Waals surface area contributed by atoms with Crippen molar-refractivity contribution in [3.63, 3.8) is 0 Å². The van der Waals surface area contributed by atoms with Crippen molar-refractivity contribution in [1.82, 2.24) is 23.9 Å². The Kier molecular flexibility index (Phi) is 5.60. The van der Waals surface area contributed by atoms with Crippen molar-refractivity contribution in [1.29, 1.82) is 0 Å². The van der Waals surface area contributed by atoms with Gasteiger partial charge in [-0.05, 0) is 81.4 Å². The van der Waals surface area contributed by atoms with Gasteiger partial charge in [0.05, 0.1) is 33.4 Å². The number of nitrogens with zero attached hydrogens (tertiary/aromatic N) is 5. The largest absolute Gasteiger partial charge is 0.277 e. The SMILES string of the molecule is CC1(C)c2cc3c(cc2Sc2c(-n4c5ccccc5n5c6ccccc6nc45)cccc21)-c1ccccc1-c1cncnc1-c1ccccc1-3. The molecule has 0 radical (unpaired) electrons. The van der Waals surface area contributed by atoms with Crippen molar-refractivity contribution in [3.8, 4) is 50.3 Å². The van der Waals surface area contributed by atoms with Crippen LogP contribution >= 0.6 is 11.8 Å². The van der Waals surface area contributed by atoms with Crippen LogP contribution in [0.1, 0.15) is 25.0 Å². The van der Waals surface area contributed by atoms with Gasteiger partial charge in [-0.15, -0.1) is 0 Å². The van der Waals surface area contributed by atoms with E-state index in [9.17, 15) is 0 Å². The molecule has 0 bridgehead atoms. The molecular weight excluding hydrogens is 631 g/mol. The maximum Gasteiger partial charge on any atom is 0.220 e. The summed E-state index contributed by atoms with van der Waals surface area (Å²) in [4.78, 5) is 17.1. The lowest BCUT2D eigenvalue weighted by Gasteiger charge is -2.37. The number of benzene rings is 6. The van der Waals surface area contributed by atoms with Gasteiger partial charge in [0.1, 0.15) is 6.33 Å². The number of rotatable bonds is 1. The topological polar surface area (TPSA) is 48.0 Å². The Morgan fingerprint density at radius 2 is 1.24 bits per heavy atom. The van der Waals surface area contributed by atoms with Gasteiger partial charge in [0.2, 0.25) is 5.78 Å². The van der Waals surface area contributed by atoms with Crippen LogP contribution in [0.25, 0.3) is 78.2 Å². The Bertz CT molecular complexity index is 2890. The maximum absolute atomic E-state index is 5.21. The van der Waals surface area contributed by atoms with Gasteiger partial charge >= 0.3 is 0 Å². The zero-order chi connectivity index (χ0) is 33.1. The molecule has 4 heterocycles. The molecule has 6 aromatic carbocycles. The third-order valence-corrected chi connectivity index (χ3v) is 11.9. The van der Waals surface area contributed by atoms with Crippen LogP contribution in [0.5, 0.6) is 0 Å². The third-order valence-electron chi connectivity index (χ3n) is 10.7. The van der Waals surface area contributed by atoms with Crippen LogP contribution in [0.2, 0.25) is 0 Å². The number of aromatic nitrogens is 5. The molecule has 0 saturated carbocycles. The molecule has 0 saturated heterocycles. The fourth-order valence-corrected chi connectivity index (χ4v) is 9.88. The van der Waals surface area contributed by atoms with E-state index in [-0.39, 0.29) is 5.41 Å². The Balaban J connectivity index is 1.19. The van der Waals surface area contributed by atoms with E-state index < -0.39 is 0 Å². The van der Waals surface area contributed by atoms with Gasteiger partial charge in [0.15, 0.2) is 0 Å². The Labute approximate surface area is 292 Å². The van der Waals surface area contributed by atoms with Crippen molar-refractivity contribution in [3.05, 3.63) is 151 Å². The minimum atomic E-state index is -0.267. The van der Waals surface area contributed by atoms with Crippen LogP contribution in [0.15, 0.2) is 150 Å². The van der Waals surface area contributed by atoms with Crippen molar-refractivity contribution >= 4 is 39.6 Å². The lowest BCUT2D eigenvalue weighted by Crippen LogP contribution is -2.25. The van der Waals surface area contributed by atoms with E-state index in [0.29, 0.717) is 0 Å². The van der Waals surface area contributed by atoms with Gasteiger partial charge in [-0.25, -0.2) is 15.0 Å². The van der Waals surface area contributed by atoms with Crippen LogP contribution in [-0.4, -0.2) is 23.9 Å². The summed E-state index contributed by atoms with van der Waals surface area (Å²) in [6, 6.07) is 46.1. The second-order valence-electron chi connectivity index (χ2n) is 13.7. The molecular formula is C44H29N5S. The standard InChI is InChI=1S/C44H29N5S/c1-44(2)33-16-11-21-39(49-38-20-10-9-19-37(38)48-36-18-8-7-17-35(36)47-43(48)49)42(33)50-40-23-31-26-12-3-4-13-27(26)32-24-45-25-46-41(32)29-15-6-5-14-28(29)30(31)22-34(40)44/h3-25H,1-2H3. The Morgan fingerprint density at radius 3 is 2.06 bits per heavy atom. The Morgan fingerprint density at radius 1 is 0.580 bits per heavy atom. The van der Waals surface area contributed by atoms with E-state index in [1.165, 1.54) is 43.2 Å². The summed E-state index contributed by atoms with van der Waals surface area (Å²) in [6.07, 6.45) is 3.62. The van der Waals surface area contributed by atoms with Crippen LogP contribution < -0.4 is 0 Å². The highest BCUT2D eigenvalue weighted by Gasteiger charge is 2.37. The molecule has 0 atom stereocenters. The number of hydrogen-bond acceptors (Lipinski definition) is 4. The molecule has 1 aliphatic heterocycles. The van der Waals surface area contributed by atoms with Crippen molar-refractivity contribution < 1.29 is 0 Å². The van der Waals surface area contributed by atoms with Crippen LogP contribution in [0.3, 0.4) is 0 Å². The minimum Gasteiger partial charge on any atom is -0.277 e. The lowest BCUT2D eigenvalue weighted by molar-refractivity contribution is 0.606. The number of para-hydroxylation sites is 4. The number of imidazole rings is 2. The smallest absolute Gasteiger partial charge is 0.220 e. The first-order valence-electron chi connectivity index (χ1n) is 16.9. The molecule has 9 aromatic rings. The predicted molar refractivity (Wildman–Crippen MR) is 203 cm³/mol. The molecule has 2 aliphatic rings. The van der Waals surface area contributed by atoms with E-state index in [2.05, 4.69) is 155 Å². The summed E-state index contributed by atoms with van der Waals surface area (Å²) >= 11 is 1.88. The second kappa shape index (κ2) is 10.0. The number of hydrogen-bond donors (Lipinski definition) is 0. The van der Waals surface area contributed by atoms with E-state index in [1.54, 1.807) is 6.33 Å². The molecule has 236 valence electrons. The first kappa shape index (κ1) is 27.9. The van der Waals surface area contributed by atoms with Gasteiger partial charge in [0.25, 0.3) is 0 Å². The summed E-state index contributed by atoms with van der Waals surface area (Å²) < 4.78 is 4.66. The van der Waals surface area contributed by atoms with Crippen molar-refractivity contribution in [2.75, 3.05) is 0 Å². The molecule has 5 nitrogen and oxygen atoms in total. The highest BCUT2D eigenvalue weighted by Crippen LogP contribution is 2.56. The highest BCUT2D eigenvalue weighted by molar-refractivity contribution is 7.99. The molecule has 1 aliphatic carbocycles. The van der Waals surface area contributed by atoms with Crippen LogP contribution in [0, 0.1) is 0 Å². The van der Waals surface area contributed by atoms with E-state index >= 15 is 0 Å². The van der Waals surface area contributed by atoms with Gasteiger partial charge in [0, 0.05) is 32.5 Å². The lowest BCUT2D eigenvalue weighted by atomic mass is 9.74. The molecule has 0 fully saturated rings. The van der Waals surface area contributed by atoms with Crippen molar-refractivity contribution in [2.45, 2.75) is 29.1 Å². The van der Waals surface area contributed by atoms with Gasteiger partial charge in [-0.2, -0.15) is 0 Å². The summed E-state index contributed by atoms with van der Waals surface area (Å²) in [5.41, 5.74) is 17.0. The van der Waals surface area contributed by atoms with Crippen LogP contribution in [-0.2, 0) is 5.41 Å². The zero-order valence-electron chi connectivity index (χ0n) is 27.4. The average molecular weight is 660 g/mol. The molecule has 0 spiro atoms. The third kappa shape index (κ3) is 3.66. The average Bonchev–Trinajstić information content (AvgIpc) is 3.69. The summed E-state index contributed by atoms with van der Waals surface area (Å²) in [7, 11) is 0. The fourth-order valence-electron chi connectivity index (χ4n) is 8.36. The van der Waals surface area contributed by atoms with E-state index in [0.717, 1.165) is 55.9 Å². The minimum absolute atomic E-state index is 0.267. The fraction of sp³-hybridized carbons (Fsp3) is 0.0682. The van der Waals surface area contributed by atoms with Gasteiger partial charge in [-0.1, -0.05) is 111 Å². The summed E-state index contributed by atoms with van der Waals surface area (Å²) in [5, 5.41) is 0. The molecule has 0 amide bonds. The first-order valence-corrected chi connectivity index (χ1v) is 17.8. The normalized spacial score (nSPS) is 13.9.